The Kier molecular flexibility index (Phi) is 4.07. The molecule has 0 saturated carbocycles. The zero-order valence-corrected chi connectivity index (χ0v) is 8.18. The molecular formula is C11H10F2O2. The minimum atomic E-state index is -0.766. The Bertz CT molecular complexity index is 382. The van der Waals surface area contributed by atoms with Gasteiger partial charge in [0.1, 0.15) is 17.4 Å². The van der Waals surface area contributed by atoms with E-state index in [1.165, 1.54) is 7.11 Å². The number of hydrogen-bond donors (Lipinski definition) is 1. The van der Waals surface area contributed by atoms with Crippen LogP contribution in [0.3, 0.4) is 0 Å². The van der Waals surface area contributed by atoms with Crippen molar-refractivity contribution in [1.82, 2.24) is 0 Å². The number of rotatable bonds is 2. The second-order valence-electron chi connectivity index (χ2n) is 2.74. The molecule has 15 heavy (non-hydrogen) atoms. The van der Waals surface area contributed by atoms with Crippen LogP contribution in [-0.2, 0) is 0 Å². The summed E-state index contributed by atoms with van der Waals surface area (Å²) in [5.41, 5.74) is -0.302. The van der Waals surface area contributed by atoms with Crippen molar-refractivity contribution in [2.24, 2.45) is 0 Å². The van der Waals surface area contributed by atoms with Crippen LogP contribution in [0.15, 0.2) is 12.1 Å². The van der Waals surface area contributed by atoms with Crippen LogP contribution in [0.2, 0.25) is 0 Å². The van der Waals surface area contributed by atoms with Crippen LogP contribution >= 0.6 is 0 Å². The minimum absolute atomic E-state index is 0.109. The van der Waals surface area contributed by atoms with Crippen molar-refractivity contribution in [1.29, 1.82) is 0 Å². The van der Waals surface area contributed by atoms with Gasteiger partial charge in [-0.1, -0.05) is 11.8 Å². The van der Waals surface area contributed by atoms with Crippen molar-refractivity contribution in [3.8, 4) is 17.6 Å². The summed E-state index contributed by atoms with van der Waals surface area (Å²) in [5.74, 6) is 3.34. The highest BCUT2D eigenvalue weighted by Crippen LogP contribution is 2.19. The monoisotopic (exact) mass is 212 g/mol. The summed E-state index contributed by atoms with van der Waals surface area (Å²) in [6.07, 6.45) is 0.185. The van der Waals surface area contributed by atoms with Crippen molar-refractivity contribution in [3.05, 3.63) is 29.3 Å². The van der Waals surface area contributed by atoms with Crippen molar-refractivity contribution in [2.75, 3.05) is 13.7 Å². The van der Waals surface area contributed by atoms with E-state index in [0.29, 0.717) is 0 Å². The van der Waals surface area contributed by atoms with Gasteiger partial charge in [-0.2, -0.15) is 0 Å². The first-order valence-electron chi connectivity index (χ1n) is 4.31. The van der Waals surface area contributed by atoms with E-state index in [2.05, 4.69) is 16.6 Å². The van der Waals surface area contributed by atoms with Crippen LogP contribution in [0.5, 0.6) is 5.75 Å². The second kappa shape index (κ2) is 5.32. The van der Waals surface area contributed by atoms with Crippen LogP contribution in [0.4, 0.5) is 8.78 Å². The van der Waals surface area contributed by atoms with E-state index in [-0.39, 0.29) is 24.3 Å². The van der Waals surface area contributed by atoms with Gasteiger partial charge in [0.25, 0.3) is 0 Å². The Morgan fingerprint density at radius 3 is 2.40 bits per heavy atom. The van der Waals surface area contributed by atoms with Gasteiger partial charge in [-0.25, -0.2) is 8.78 Å². The van der Waals surface area contributed by atoms with E-state index in [1.54, 1.807) is 0 Å². The lowest BCUT2D eigenvalue weighted by Crippen LogP contribution is -1.93. The van der Waals surface area contributed by atoms with Gasteiger partial charge in [-0.3, -0.25) is 0 Å². The zero-order valence-electron chi connectivity index (χ0n) is 8.18. The molecule has 0 atom stereocenters. The first kappa shape index (κ1) is 11.5. The number of methoxy groups -OCH3 is 1. The maximum atomic E-state index is 13.2. The van der Waals surface area contributed by atoms with E-state index >= 15 is 0 Å². The minimum Gasteiger partial charge on any atom is -0.497 e. The van der Waals surface area contributed by atoms with Gasteiger partial charge in [-0.05, 0) is 0 Å². The maximum Gasteiger partial charge on any atom is 0.145 e. The molecule has 0 radical (unpaired) electrons. The Morgan fingerprint density at radius 2 is 1.93 bits per heavy atom. The van der Waals surface area contributed by atoms with Crippen LogP contribution in [0.25, 0.3) is 0 Å². The summed E-state index contributed by atoms with van der Waals surface area (Å²) in [6.45, 7) is -0.133. The predicted molar refractivity (Wildman–Crippen MR) is 51.5 cm³/mol. The quantitative estimate of drug-likeness (QED) is 0.756. The number of aliphatic hydroxyl groups is 1. The molecule has 0 fully saturated rings. The third-order valence-corrected chi connectivity index (χ3v) is 1.70. The normalized spacial score (nSPS) is 9.33. The molecule has 0 aliphatic heterocycles. The fraction of sp³-hybridized carbons (Fsp3) is 0.273. The third kappa shape index (κ3) is 2.93. The maximum absolute atomic E-state index is 13.2. The SMILES string of the molecule is COc1cc(F)c(C#CCCO)c(F)c1. The van der Waals surface area contributed by atoms with Crippen molar-refractivity contribution >= 4 is 0 Å². The topological polar surface area (TPSA) is 29.5 Å². The van der Waals surface area contributed by atoms with E-state index < -0.39 is 11.6 Å². The molecule has 0 amide bonds. The average Bonchev–Trinajstić information content (AvgIpc) is 2.22. The molecule has 0 heterocycles. The highest BCUT2D eigenvalue weighted by atomic mass is 19.1. The van der Waals surface area contributed by atoms with E-state index in [1.807, 2.05) is 0 Å². The zero-order chi connectivity index (χ0) is 11.3. The van der Waals surface area contributed by atoms with Crippen LogP contribution in [-0.4, -0.2) is 18.8 Å². The van der Waals surface area contributed by atoms with Gasteiger partial charge >= 0.3 is 0 Å². The van der Waals surface area contributed by atoms with Gasteiger partial charge in [0, 0.05) is 18.6 Å². The largest absolute Gasteiger partial charge is 0.497 e. The molecule has 1 N–H and O–H groups in total. The Morgan fingerprint density at radius 1 is 1.33 bits per heavy atom. The molecule has 2 nitrogen and oxygen atoms in total. The van der Waals surface area contributed by atoms with Crippen molar-refractivity contribution in [2.45, 2.75) is 6.42 Å². The van der Waals surface area contributed by atoms with Crippen molar-refractivity contribution < 1.29 is 18.6 Å². The average molecular weight is 212 g/mol. The molecule has 0 aliphatic carbocycles. The number of ether oxygens (including phenoxy) is 1. The molecule has 0 unspecified atom stereocenters. The molecule has 0 spiro atoms. The first-order chi connectivity index (χ1) is 7.19. The summed E-state index contributed by atoms with van der Waals surface area (Å²) in [7, 11) is 1.32. The summed E-state index contributed by atoms with van der Waals surface area (Å²) in [4.78, 5) is 0. The molecule has 0 saturated heterocycles. The van der Waals surface area contributed by atoms with E-state index in [0.717, 1.165) is 12.1 Å². The molecule has 1 aromatic rings. The number of halogens is 2. The number of aliphatic hydroxyl groups excluding tert-OH is 1. The Balaban J connectivity index is 3.05. The fourth-order valence-electron chi connectivity index (χ4n) is 0.994. The number of hydrogen-bond acceptors (Lipinski definition) is 2. The van der Waals surface area contributed by atoms with E-state index in [9.17, 15) is 8.78 Å². The summed E-state index contributed by atoms with van der Waals surface area (Å²) in [5, 5.41) is 8.46. The molecule has 1 aromatic carbocycles. The van der Waals surface area contributed by atoms with Gasteiger partial charge in [-0.15, -0.1) is 0 Å². The summed E-state index contributed by atoms with van der Waals surface area (Å²) in [6, 6.07) is 2.12. The number of benzene rings is 1. The van der Waals surface area contributed by atoms with Crippen LogP contribution < -0.4 is 4.74 Å². The highest BCUT2D eigenvalue weighted by Gasteiger charge is 2.08. The highest BCUT2D eigenvalue weighted by molar-refractivity contribution is 5.41. The second-order valence-corrected chi connectivity index (χ2v) is 2.74. The van der Waals surface area contributed by atoms with Crippen molar-refractivity contribution in [3.63, 3.8) is 0 Å². The van der Waals surface area contributed by atoms with E-state index in [4.69, 9.17) is 5.11 Å². The molecule has 0 aliphatic rings. The van der Waals surface area contributed by atoms with Gasteiger partial charge < -0.3 is 9.84 Å². The van der Waals surface area contributed by atoms with Crippen LogP contribution in [0, 0.1) is 23.5 Å². The Labute approximate surface area is 86.5 Å². The lowest BCUT2D eigenvalue weighted by Gasteiger charge is -2.02. The Hall–Kier alpha value is -1.60. The van der Waals surface area contributed by atoms with Gasteiger partial charge in [0.2, 0.25) is 0 Å². The smallest absolute Gasteiger partial charge is 0.145 e. The van der Waals surface area contributed by atoms with Gasteiger partial charge in [0.05, 0.1) is 19.3 Å². The standard InChI is InChI=1S/C11H10F2O2/c1-15-8-6-10(12)9(11(13)7-8)4-2-3-5-14/h6-7,14H,3,5H2,1H3. The molecular weight excluding hydrogens is 202 g/mol. The lowest BCUT2D eigenvalue weighted by molar-refractivity contribution is 0.305. The van der Waals surface area contributed by atoms with Gasteiger partial charge in [0.15, 0.2) is 0 Å². The molecule has 4 heteroatoms. The predicted octanol–water partition coefficient (Wildman–Crippen LogP) is 1.71. The molecule has 1 rings (SSSR count). The fourth-order valence-corrected chi connectivity index (χ4v) is 0.994. The lowest BCUT2D eigenvalue weighted by atomic mass is 10.2. The summed E-state index contributed by atoms with van der Waals surface area (Å²) < 4.78 is 31.2. The molecule has 80 valence electrons. The third-order valence-electron chi connectivity index (χ3n) is 1.70. The first-order valence-corrected chi connectivity index (χ1v) is 4.31. The summed E-state index contributed by atoms with van der Waals surface area (Å²) >= 11 is 0. The molecule has 0 bridgehead atoms. The molecule has 0 aromatic heterocycles. The van der Waals surface area contributed by atoms with Crippen LogP contribution in [0.1, 0.15) is 12.0 Å².